The van der Waals surface area contributed by atoms with Crippen LogP contribution in [0.2, 0.25) is 0 Å². The number of ether oxygens (including phenoxy) is 3. The molecule has 1 aromatic carbocycles. The third-order valence-corrected chi connectivity index (χ3v) is 1.98. The molecule has 0 aromatic heterocycles. The minimum Gasteiger partial charge on any atom is -0.493 e. The lowest BCUT2D eigenvalue weighted by molar-refractivity contribution is 0.323. The summed E-state index contributed by atoms with van der Waals surface area (Å²) >= 11 is 3.29. The van der Waals surface area contributed by atoms with Gasteiger partial charge in [-0.3, -0.25) is 0 Å². The van der Waals surface area contributed by atoms with Gasteiger partial charge in [-0.2, -0.15) is 0 Å². The first kappa shape index (κ1) is 10.2. The van der Waals surface area contributed by atoms with E-state index in [-0.39, 0.29) is 0 Å². The van der Waals surface area contributed by atoms with E-state index in [9.17, 15) is 0 Å². The van der Waals surface area contributed by atoms with Crippen molar-refractivity contribution in [1.29, 1.82) is 0 Å². The first-order chi connectivity index (χ1) is 6.22. The molecular formula is C9H10BrO3. The van der Waals surface area contributed by atoms with Crippen LogP contribution in [-0.2, 0) is 0 Å². The number of hydrogen-bond donors (Lipinski definition) is 0. The van der Waals surface area contributed by atoms with Crippen LogP contribution in [0.5, 0.6) is 17.2 Å². The molecule has 0 amide bonds. The van der Waals surface area contributed by atoms with Gasteiger partial charge in [-0.25, -0.2) is 0 Å². The Labute approximate surface area is 85.7 Å². The molecule has 0 N–H and O–H groups in total. The van der Waals surface area contributed by atoms with E-state index in [1.54, 1.807) is 27.4 Å². The molecule has 1 radical (unpaired) electrons. The predicted molar refractivity (Wildman–Crippen MR) is 52.6 cm³/mol. The van der Waals surface area contributed by atoms with Gasteiger partial charge in [0.25, 0.3) is 0 Å². The Balaban J connectivity index is 3.25. The average Bonchev–Trinajstić information content (AvgIpc) is 2.16. The van der Waals surface area contributed by atoms with Crippen LogP contribution >= 0.6 is 15.9 Å². The average molecular weight is 246 g/mol. The summed E-state index contributed by atoms with van der Waals surface area (Å²) in [5.74, 6) is 1.69. The Morgan fingerprint density at radius 3 is 2.31 bits per heavy atom. The molecule has 0 saturated heterocycles. The maximum absolute atomic E-state index is 5.11. The quantitative estimate of drug-likeness (QED) is 0.818. The van der Waals surface area contributed by atoms with Gasteiger partial charge in [-0.1, -0.05) is 0 Å². The fourth-order valence-electron chi connectivity index (χ4n) is 0.982. The fraction of sp³-hybridized carbons (Fsp3) is 0.333. The molecule has 0 spiro atoms. The highest BCUT2D eigenvalue weighted by molar-refractivity contribution is 9.10. The van der Waals surface area contributed by atoms with Gasteiger partial charge in [0.05, 0.1) is 21.3 Å². The number of hydrogen-bond acceptors (Lipinski definition) is 3. The summed E-state index contributed by atoms with van der Waals surface area (Å²) in [5.41, 5.74) is 0. The number of rotatable bonds is 3. The van der Waals surface area contributed by atoms with Gasteiger partial charge in [0, 0.05) is 10.5 Å². The zero-order valence-corrected chi connectivity index (χ0v) is 9.27. The summed E-state index contributed by atoms with van der Waals surface area (Å²) in [4.78, 5) is 0. The molecular weight excluding hydrogens is 236 g/mol. The highest BCUT2D eigenvalue weighted by Crippen LogP contribution is 2.39. The van der Waals surface area contributed by atoms with E-state index in [1.807, 2.05) is 0 Å². The third kappa shape index (κ3) is 2.06. The summed E-state index contributed by atoms with van der Waals surface area (Å²) < 4.78 is 16.1. The molecule has 1 aromatic rings. The van der Waals surface area contributed by atoms with E-state index in [4.69, 9.17) is 14.2 Å². The molecule has 0 fully saturated rings. The van der Waals surface area contributed by atoms with Crippen molar-refractivity contribution >= 4 is 15.9 Å². The van der Waals surface area contributed by atoms with Crippen LogP contribution in [0, 0.1) is 6.07 Å². The van der Waals surface area contributed by atoms with E-state index in [1.165, 1.54) is 0 Å². The maximum Gasteiger partial charge on any atom is 0.204 e. The van der Waals surface area contributed by atoms with E-state index >= 15 is 0 Å². The van der Waals surface area contributed by atoms with Gasteiger partial charge in [-0.15, -0.1) is 0 Å². The predicted octanol–water partition coefficient (Wildman–Crippen LogP) is 2.28. The molecule has 0 aliphatic rings. The molecule has 0 unspecified atom stereocenters. The Bertz CT molecular complexity index is 274. The van der Waals surface area contributed by atoms with Gasteiger partial charge in [0.2, 0.25) is 5.75 Å². The molecule has 0 saturated carbocycles. The summed E-state index contributed by atoms with van der Waals surface area (Å²) in [6, 6.07) is 4.71. The third-order valence-electron chi connectivity index (χ3n) is 1.55. The first-order valence-electron chi connectivity index (χ1n) is 3.60. The lowest BCUT2D eigenvalue weighted by atomic mass is 10.3. The second-order valence-corrected chi connectivity index (χ2v) is 3.11. The molecule has 0 aliphatic heterocycles. The largest absolute Gasteiger partial charge is 0.493 e. The Morgan fingerprint density at radius 1 is 1.15 bits per heavy atom. The van der Waals surface area contributed by atoms with Crippen molar-refractivity contribution in [3.8, 4) is 17.2 Å². The van der Waals surface area contributed by atoms with Gasteiger partial charge < -0.3 is 14.2 Å². The molecule has 0 heterocycles. The summed E-state index contributed by atoms with van der Waals surface area (Å²) in [6.07, 6.45) is 0. The normalized spacial score (nSPS) is 9.54. The van der Waals surface area contributed by atoms with Crippen molar-refractivity contribution < 1.29 is 14.2 Å². The van der Waals surface area contributed by atoms with Crippen molar-refractivity contribution in [2.75, 3.05) is 21.3 Å². The Morgan fingerprint density at radius 2 is 1.85 bits per heavy atom. The van der Waals surface area contributed by atoms with Gasteiger partial charge in [0.1, 0.15) is 0 Å². The van der Waals surface area contributed by atoms with Crippen LogP contribution < -0.4 is 14.2 Å². The summed E-state index contributed by atoms with van der Waals surface area (Å²) in [5, 5.41) is 0. The standard InChI is InChI=1S/C9H10BrO3/c1-11-7-4-6(10)5-8(12-2)9(7)13-3/h4H,1-3H3. The summed E-state index contributed by atoms with van der Waals surface area (Å²) in [6.45, 7) is 0. The molecule has 3 nitrogen and oxygen atoms in total. The molecule has 1 rings (SSSR count). The minimum absolute atomic E-state index is 0.522. The highest BCUT2D eigenvalue weighted by atomic mass is 79.9. The zero-order chi connectivity index (χ0) is 9.84. The van der Waals surface area contributed by atoms with Crippen LogP contribution in [0.1, 0.15) is 0 Å². The summed E-state index contributed by atoms with van der Waals surface area (Å²) in [7, 11) is 4.69. The van der Waals surface area contributed by atoms with Crippen molar-refractivity contribution in [1.82, 2.24) is 0 Å². The number of benzene rings is 1. The van der Waals surface area contributed by atoms with E-state index in [0.29, 0.717) is 17.2 Å². The van der Waals surface area contributed by atoms with Gasteiger partial charge in [0.15, 0.2) is 11.5 Å². The van der Waals surface area contributed by atoms with Crippen LogP contribution in [0.3, 0.4) is 0 Å². The van der Waals surface area contributed by atoms with Crippen LogP contribution in [0.25, 0.3) is 0 Å². The molecule has 0 bridgehead atoms. The molecule has 4 heteroatoms. The lowest BCUT2D eigenvalue weighted by Crippen LogP contribution is -1.94. The Kier molecular flexibility index (Phi) is 3.42. The van der Waals surface area contributed by atoms with E-state index in [0.717, 1.165) is 4.47 Å². The minimum atomic E-state index is 0.522. The second-order valence-electron chi connectivity index (χ2n) is 2.25. The van der Waals surface area contributed by atoms with Crippen LogP contribution in [0.4, 0.5) is 0 Å². The van der Waals surface area contributed by atoms with Crippen LogP contribution in [0.15, 0.2) is 10.5 Å². The molecule has 13 heavy (non-hydrogen) atoms. The molecule has 0 aliphatic carbocycles. The van der Waals surface area contributed by atoms with Gasteiger partial charge >= 0.3 is 0 Å². The maximum atomic E-state index is 5.11. The van der Waals surface area contributed by atoms with Gasteiger partial charge in [-0.05, 0) is 22.0 Å². The van der Waals surface area contributed by atoms with Crippen LogP contribution in [-0.4, -0.2) is 21.3 Å². The van der Waals surface area contributed by atoms with E-state index < -0.39 is 0 Å². The van der Waals surface area contributed by atoms with Crippen molar-refractivity contribution in [2.24, 2.45) is 0 Å². The second kappa shape index (κ2) is 4.37. The zero-order valence-electron chi connectivity index (χ0n) is 7.68. The van der Waals surface area contributed by atoms with E-state index in [2.05, 4.69) is 22.0 Å². The molecule has 0 atom stereocenters. The van der Waals surface area contributed by atoms with Crippen molar-refractivity contribution in [2.45, 2.75) is 0 Å². The van der Waals surface area contributed by atoms with Crippen molar-refractivity contribution in [3.63, 3.8) is 0 Å². The highest BCUT2D eigenvalue weighted by Gasteiger charge is 2.11. The monoisotopic (exact) mass is 245 g/mol. The first-order valence-corrected chi connectivity index (χ1v) is 4.40. The number of methoxy groups -OCH3 is 3. The number of halogens is 1. The SMILES string of the molecule is COc1[c]c(Br)cc(OC)c1OC. The lowest BCUT2D eigenvalue weighted by Gasteiger charge is -2.11. The molecule has 71 valence electrons. The topological polar surface area (TPSA) is 27.7 Å². The fourth-order valence-corrected chi connectivity index (χ4v) is 1.37. The smallest absolute Gasteiger partial charge is 0.204 e. The Hall–Kier alpha value is -0.900. The van der Waals surface area contributed by atoms with Crippen molar-refractivity contribution in [3.05, 3.63) is 16.6 Å².